The maximum Gasteiger partial charge on any atom is 0.277 e. The van der Waals surface area contributed by atoms with Crippen molar-refractivity contribution in [2.75, 3.05) is 25.5 Å². The minimum atomic E-state index is -0.0855. The van der Waals surface area contributed by atoms with Gasteiger partial charge in [0.25, 0.3) is 5.22 Å². The van der Waals surface area contributed by atoms with Gasteiger partial charge >= 0.3 is 0 Å². The van der Waals surface area contributed by atoms with Crippen LogP contribution in [0.25, 0.3) is 0 Å². The minimum Gasteiger partial charge on any atom is -0.494 e. The summed E-state index contributed by atoms with van der Waals surface area (Å²) in [5.41, 5.74) is 0. The van der Waals surface area contributed by atoms with Crippen molar-refractivity contribution in [3.63, 3.8) is 0 Å². The Hall–Kier alpha value is -2.22. The first-order valence-electron chi connectivity index (χ1n) is 9.83. The molecule has 1 N–H and O–H groups in total. The molecule has 0 radical (unpaired) electrons. The van der Waals surface area contributed by atoms with Gasteiger partial charge in [0.15, 0.2) is 0 Å². The van der Waals surface area contributed by atoms with Crippen molar-refractivity contribution < 1.29 is 18.7 Å². The predicted molar refractivity (Wildman–Crippen MR) is 107 cm³/mol. The quantitative estimate of drug-likeness (QED) is 0.475. The molecule has 0 atom stereocenters. The highest BCUT2D eigenvalue weighted by Gasteiger charge is 2.21. The van der Waals surface area contributed by atoms with Crippen molar-refractivity contribution >= 4 is 17.7 Å². The van der Waals surface area contributed by atoms with E-state index >= 15 is 0 Å². The number of carbonyl (C=O) groups is 1. The lowest BCUT2D eigenvalue weighted by molar-refractivity contribution is -0.118. The minimum absolute atomic E-state index is 0.0855. The van der Waals surface area contributed by atoms with E-state index in [1.807, 2.05) is 31.2 Å². The van der Waals surface area contributed by atoms with E-state index < -0.39 is 0 Å². The fraction of sp³-hybridized carbons (Fsp3) is 0.550. The number of nitrogens with one attached hydrogen (secondary N) is 1. The molecule has 0 spiro atoms. The number of rotatable bonds is 10. The van der Waals surface area contributed by atoms with Crippen LogP contribution in [-0.4, -0.2) is 41.6 Å². The standard InChI is InChI=1S/C20H27N3O4S/c1-2-25-16-8-10-17(11-9-16)26-13-12-21-18(24)14-28-20-23-22-19(27-20)15-6-4-3-5-7-15/h8-11,15H,2-7,12-14H2,1H3,(H,21,24). The van der Waals surface area contributed by atoms with Crippen LogP contribution in [0.1, 0.15) is 50.8 Å². The zero-order valence-electron chi connectivity index (χ0n) is 16.2. The summed E-state index contributed by atoms with van der Waals surface area (Å²) < 4.78 is 16.7. The lowest BCUT2D eigenvalue weighted by atomic mass is 9.89. The smallest absolute Gasteiger partial charge is 0.277 e. The van der Waals surface area contributed by atoms with E-state index in [1.165, 1.54) is 31.0 Å². The van der Waals surface area contributed by atoms with Crippen LogP contribution in [0.3, 0.4) is 0 Å². The third-order valence-corrected chi connectivity index (χ3v) is 5.35. The van der Waals surface area contributed by atoms with Crippen LogP contribution in [0.2, 0.25) is 0 Å². The van der Waals surface area contributed by atoms with Crippen molar-refractivity contribution in [3.8, 4) is 11.5 Å². The maximum absolute atomic E-state index is 12.0. The van der Waals surface area contributed by atoms with Crippen molar-refractivity contribution in [2.45, 2.75) is 50.2 Å². The van der Waals surface area contributed by atoms with Gasteiger partial charge in [-0.3, -0.25) is 4.79 Å². The molecule has 1 amide bonds. The van der Waals surface area contributed by atoms with Gasteiger partial charge in [-0.1, -0.05) is 31.0 Å². The van der Waals surface area contributed by atoms with E-state index in [2.05, 4.69) is 15.5 Å². The largest absolute Gasteiger partial charge is 0.494 e. The van der Waals surface area contributed by atoms with Gasteiger partial charge in [-0.05, 0) is 44.0 Å². The van der Waals surface area contributed by atoms with Crippen molar-refractivity contribution in [1.82, 2.24) is 15.5 Å². The van der Waals surface area contributed by atoms with Crippen LogP contribution in [0.5, 0.6) is 11.5 Å². The van der Waals surface area contributed by atoms with Gasteiger partial charge in [-0.25, -0.2) is 0 Å². The first kappa shape index (κ1) is 20.5. The van der Waals surface area contributed by atoms with Crippen molar-refractivity contribution in [1.29, 1.82) is 0 Å². The fourth-order valence-electron chi connectivity index (χ4n) is 3.13. The second-order valence-corrected chi connectivity index (χ2v) is 7.56. The van der Waals surface area contributed by atoms with Gasteiger partial charge in [0, 0.05) is 5.92 Å². The Morgan fingerprint density at radius 1 is 1.14 bits per heavy atom. The lowest BCUT2D eigenvalue weighted by Crippen LogP contribution is -2.29. The number of amides is 1. The molecule has 1 saturated carbocycles. The Kier molecular flexibility index (Phi) is 8.02. The maximum atomic E-state index is 12.0. The number of hydrogen-bond donors (Lipinski definition) is 1. The Balaban J connectivity index is 1.31. The van der Waals surface area contributed by atoms with Crippen LogP contribution in [0.4, 0.5) is 0 Å². The molecular formula is C20H27N3O4S. The average molecular weight is 406 g/mol. The molecule has 28 heavy (non-hydrogen) atoms. The van der Waals surface area contributed by atoms with E-state index in [0.29, 0.717) is 36.8 Å². The van der Waals surface area contributed by atoms with Crippen LogP contribution in [0, 0.1) is 0 Å². The Bertz CT molecular complexity index is 729. The molecule has 2 aromatic rings. The lowest BCUT2D eigenvalue weighted by Gasteiger charge is -2.17. The van der Waals surface area contributed by atoms with Gasteiger partial charge in [-0.15, -0.1) is 10.2 Å². The molecule has 0 aliphatic heterocycles. The molecule has 3 rings (SSSR count). The molecule has 1 aliphatic carbocycles. The topological polar surface area (TPSA) is 86.5 Å². The van der Waals surface area contributed by atoms with Crippen LogP contribution >= 0.6 is 11.8 Å². The van der Waals surface area contributed by atoms with E-state index in [0.717, 1.165) is 24.3 Å². The molecule has 0 unspecified atom stereocenters. The van der Waals surface area contributed by atoms with Crippen molar-refractivity contribution in [3.05, 3.63) is 30.2 Å². The van der Waals surface area contributed by atoms with Crippen LogP contribution < -0.4 is 14.8 Å². The predicted octanol–water partition coefficient (Wildman–Crippen LogP) is 3.80. The SMILES string of the molecule is CCOc1ccc(OCCNC(=O)CSc2nnc(C3CCCCC3)o2)cc1. The monoisotopic (exact) mass is 405 g/mol. The first-order chi connectivity index (χ1) is 13.7. The average Bonchev–Trinajstić information content (AvgIpc) is 3.21. The highest BCUT2D eigenvalue weighted by molar-refractivity contribution is 7.99. The number of hydrogen-bond acceptors (Lipinski definition) is 7. The number of aromatic nitrogens is 2. The van der Waals surface area contributed by atoms with E-state index in [1.54, 1.807) is 0 Å². The third kappa shape index (κ3) is 6.44. The molecule has 8 heteroatoms. The molecule has 1 fully saturated rings. The normalized spacial score (nSPS) is 14.6. The zero-order chi connectivity index (χ0) is 19.6. The highest BCUT2D eigenvalue weighted by Crippen LogP contribution is 2.32. The summed E-state index contributed by atoms with van der Waals surface area (Å²) in [4.78, 5) is 12.0. The number of thioether (sulfide) groups is 1. The molecule has 1 aliphatic rings. The highest BCUT2D eigenvalue weighted by atomic mass is 32.2. The van der Waals surface area contributed by atoms with Gasteiger partial charge < -0.3 is 19.2 Å². The van der Waals surface area contributed by atoms with E-state index in [-0.39, 0.29) is 11.7 Å². The summed E-state index contributed by atoms with van der Waals surface area (Å²) in [5, 5.41) is 11.5. The Labute approximate surface area is 169 Å². The van der Waals surface area contributed by atoms with Crippen LogP contribution in [0.15, 0.2) is 33.9 Å². The number of benzene rings is 1. The third-order valence-electron chi connectivity index (χ3n) is 4.53. The molecule has 1 heterocycles. The summed E-state index contributed by atoms with van der Waals surface area (Å²) in [6.07, 6.45) is 5.95. The molecular weight excluding hydrogens is 378 g/mol. The summed E-state index contributed by atoms with van der Waals surface area (Å²) in [6.45, 7) is 3.41. The summed E-state index contributed by atoms with van der Waals surface area (Å²) in [6, 6.07) is 7.42. The zero-order valence-corrected chi connectivity index (χ0v) is 17.0. The molecule has 1 aromatic carbocycles. The first-order valence-corrected chi connectivity index (χ1v) is 10.8. The molecule has 7 nitrogen and oxygen atoms in total. The van der Waals surface area contributed by atoms with E-state index in [9.17, 15) is 4.79 Å². The number of nitrogens with zero attached hydrogens (tertiary/aromatic N) is 2. The molecule has 0 bridgehead atoms. The molecule has 0 saturated heterocycles. The molecule has 152 valence electrons. The Morgan fingerprint density at radius 3 is 2.57 bits per heavy atom. The fourth-order valence-corrected chi connectivity index (χ4v) is 3.73. The molecule has 1 aromatic heterocycles. The van der Waals surface area contributed by atoms with Gasteiger partial charge in [-0.2, -0.15) is 0 Å². The number of carbonyl (C=O) groups excluding carboxylic acids is 1. The van der Waals surface area contributed by atoms with E-state index in [4.69, 9.17) is 13.9 Å². The summed E-state index contributed by atoms with van der Waals surface area (Å²) in [7, 11) is 0. The van der Waals surface area contributed by atoms with Crippen LogP contribution in [-0.2, 0) is 4.79 Å². The second kappa shape index (κ2) is 10.9. The Morgan fingerprint density at radius 2 is 1.86 bits per heavy atom. The van der Waals surface area contributed by atoms with Gasteiger partial charge in [0.2, 0.25) is 11.8 Å². The second-order valence-electron chi connectivity index (χ2n) is 6.63. The summed E-state index contributed by atoms with van der Waals surface area (Å²) in [5.74, 6) is 2.81. The van der Waals surface area contributed by atoms with Crippen molar-refractivity contribution in [2.24, 2.45) is 0 Å². The number of ether oxygens (including phenoxy) is 2. The van der Waals surface area contributed by atoms with Gasteiger partial charge in [0.1, 0.15) is 18.1 Å². The summed E-state index contributed by atoms with van der Waals surface area (Å²) >= 11 is 1.27. The van der Waals surface area contributed by atoms with Gasteiger partial charge in [0.05, 0.1) is 18.9 Å².